The molecule has 10 heteroatoms. The van der Waals surface area contributed by atoms with Gasteiger partial charge in [-0.25, -0.2) is 18.7 Å². The van der Waals surface area contributed by atoms with E-state index in [1.165, 1.54) is 24.5 Å². The molecule has 0 spiro atoms. The van der Waals surface area contributed by atoms with Gasteiger partial charge in [0.15, 0.2) is 0 Å². The summed E-state index contributed by atoms with van der Waals surface area (Å²) >= 11 is 6.13. The van der Waals surface area contributed by atoms with Crippen LogP contribution in [0.2, 0.25) is 0 Å². The standard InChI is InChI=1S/C5H4BrFN2.C5H5FN2.BHNS/c6-3-2-9-5(8)1-4(3)7;6-4-1-2-8-5(7)3-4;1-2-3/h1-2H,(H2,8,9);1-3H,(H2,7,8);3H. The number of anilines is 2. The van der Waals surface area contributed by atoms with Crippen molar-refractivity contribution in [3.8, 4) is 0 Å². The van der Waals surface area contributed by atoms with E-state index in [9.17, 15) is 8.78 Å². The summed E-state index contributed by atoms with van der Waals surface area (Å²) in [7, 11) is 4.34. The number of nitrogens with zero attached hydrogens (tertiary/aromatic N) is 3. The second-order valence-corrected chi connectivity index (χ2v) is 4.12. The minimum absolute atomic E-state index is 0.190. The Bertz CT molecular complexity index is 544. The molecule has 0 bridgehead atoms. The Morgan fingerprint density at radius 3 is 2.10 bits per heavy atom. The molecule has 2 rings (SSSR count). The van der Waals surface area contributed by atoms with Gasteiger partial charge < -0.3 is 11.5 Å². The molecule has 0 unspecified atom stereocenters. The van der Waals surface area contributed by atoms with Crippen LogP contribution < -0.4 is 11.5 Å². The third-order valence-electron chi connectivity index (χ3n) is 1.57. The number of hydrogen-bond acceptors (Lipinski definition) is 6. The van der Waals surface area contributed by atoms with E-state index in [4.69, 9.17) is 11.5 Å². The molecule has 0 aromatic carbocycles. The van der Waals surface area contributed by atoms with Crippen molar-refractivity contribution in [3.63, 3.8) is 0 Å². The van der Waals surface area contributed by atoms with Crippen LogP contribution in [0, 0.1) is 11.6 Å². The van der Waals surface area contributed by atoms with Crippen LogP contribution in [0.15, 0.2) is 39.4 Å². The monoisotopic (exact) mass is 360 g/mol. The topological polar surface area (TPSA) is 90.2 Å². The van der Waals surface area contributed by atoms with Crippen molar-refractivity contribution in [2.75, 3.05) is 11.5 Å². The van der Waals surface area contributed by atoms with Gasteiger partial charge in [-0.3, -0.25) is 0 Å². The van der Waals surface area contributed by atoms with Crippen LogP contribution in [0.5, 0.6) is 0 Å². The molecule has 2 heterocycles. The van der Waals surface area contributed by atoms with Gasteiger partial charge in [0.05, 0.1) is 4.47 Å². The molecule has 105 valence electrons. The van der Waals surface area contributed by atoms with E-state index in [0.29, 0.717) is 4.47 Å². The van der Waals surface area contributed by atoms with Gasteiger partial charge >= 0.3 is 24.8 Å². The molecule has 5 nitrogen and oxygen atoms in total. The first-order valence-electron chi connectivity index (χ1n) is 4.88. The van der Waals surface area contributed by atoms with Crippen LogP contribution >= 0.6 is 28.7 Å². The van der Waals surface area contributed by atoms with Crippen molar-refractivity contribution >= 4 is 48.0 Å². The van der Waals surface area contributed by atoms with Crippen molar-refractivity contribution < 1.29 is 8.78 Å². The Morgan fingerprint density at radius 1 is 1.20 bits per heavy atom. The van der Waals surface area contributed by atoms with Gasteiger partial charge in [-0.15, -0.1) is 0 Å². The molecule has 1 radical (unpaired) electrons. The number of nitrogen functional groups attached to an aromatic ring is 2. The first-order chi connectivity index (χ1) is 9.40. The Hall–Kier alpha value is -1.55. The van der Waals surface area contributed by atoms with Gasteiger partial charge in [-0.2, -0.15) is 0 Å². The molecule has 0 fully saturated rings. The summed E-state index contributed by atoms with van der Waals surface area (Å²) in [6.07, 6.45) is 2.65. The predicted molar refractivity (Wildman–Crippen MR) is 82.1 cm³/mol. The van der Waals surface area contributed by atoms with E-state index >= 15 is 0 Å². The van der Waals surface area contributed by atoms with Crippen LogP contribution in [0.3, 0.4) is 0 Å². The molecular formula is C10H10BBrF2N5S. The summed E-state index contributed by atoms with van der Waals surface area (Å²) in [5, 5.41) is 0. The summed E-state index contributed by atoms with van der Waals surface area (Å²) in [6.45, 7) is 0. The summed E-state index contributed by atoms with van der Waals surface area (Å²) < 4.78 is 27.5. The summed E-state index contributed by atoms with van der Waals surface area (Å²) in [5.41, 5.74) is 10.3. The first kappa shape index (κ1) is 18.5. The number of halogens is 3. The van der Waals surface area contributed by atoms with Crippen LogP contribution in [-0.4, -0.2) is 17.6 Å². The van der Waals surface area contributed by atoms with Crippen molar-refractivity contribution in [1.82, 2.24) is 9.97 Å². The van der Waals surface area contributed by atoms with Gasteiger partial charge in [0.25, 0.3) is 0 Å². The number of rotatable bonds is 0. The Kier molecular flexibility index (Phi) is 9.47. The van der Waals surface area contributed by atoms with Crippen LogP contribution in [-0.2, 0) is 0 Å². The van der Waals surface area contributed by atoms with E-state index in [0.717, 1.165) is 6.07 Å². The molecule has 2 aromatic rings. The molecule has 0 atom stereocenters. The van der Waals surface area contributed by atoms with E-state index in [1.54, 1.807) is 0 Å². The molecule has 0 saturated carbocycles. The van der Waals surface area contributed by atoms with Gasteiger partial charge in [0, 0.05) is 24.5 Å². The molecule has 20 heavy (non-hydrogen) atoms. The van der Waals surface area contributed by atoms with E-state index in [2.05, 4.69) is 50.7 Å². The molecular weight excluding hydrogens is 351 g/mol. The van der Waals surface area contributed by atoms with Gasteiger partial charge in [-0.05, 0) is 22.0 Å². The van der Waals surface area contributed by atoms with Gasteiger partial charge in [-0.1, -0.05) is 0 Å². The first-order valence-corrected chi connectivity index (χ1v) is 6.07. The molecule has 0 aliphatic rings. The average molecular weight is 361 g/mol. The predicted octanol–water partition coefficient (Wildman–Crippen LogP) is 2.55. The number of nitrogens with two attached hydrogens (primary N) is 2. The number of hydrogen-bond donors (Lipinski definition) is 3. The Balaban J connectivity index is 0.000000304. The third kappa shape index (κ3) is 8.54. The van der Waals surface area contributed by atoms with Gasteiger partial charge in [0.2, 0.25) is 0 Å². The molecule has 0 aliphatic heterocycles. The molecule has 0 saturated heterocycles. The van der Waals surface area contributed by atoms with E-state index in [-0.39, 0.29) is 23.3 Å². The SMILES string of the molecule is Nc1cc(F)c(Br)cn1.Nc1cc(F)ccn1.[B]=NS. The minimum atomic E-state index is -0.387. The van der Waals surface area contributed by atoms with Crippen molar-refractivity contribution in [2.24, 2.45) is 4.30 Å². The Labute approximate surface area is 129 Å². The third-order valence-corrected chi connectivity index (χ3v) is 2.16. The fourth-order valence-corrected chi connectivity index (χ4v) is 1.07. The number of thiol groups is 1. The fraction of sp³-hybridized carbons (Fsp3) is 0. The van der Waals surface area contributed by atoms with Crippen LogP contribution in [0.25, 0.3) is 0 Å². The van der Waals surface area contributed by atoms with Crippen LogP contribution in [0.1, 0.15) is 0 Å². The quantitative estimate of drug-likeness (QED) is 0.497. The van der Waals surface area contributed by atoms with Crippen molar-refractivity contribution in [3.05, 3.63) is 46.7 Å². The maximum absolute atomic E-state index is 12.4. The Morgan fingerprint density at radius 2 is 1.75 bits per heavy atom. The van der Waals surface area contributed by atoms with Gasteiger partial charge in [0.1, 0.15) is 23.3 Å². The normalized spacial score (nSPS) is 8.55. The van der Waals surface area contributed by atoms with Crippen molar-refractivity contribution in [2.45, 2.75) is 0 Å². The van der Waals surface area contributed by atoms with Crippen LogP contribution in [0.4, 0.5) is 20.4 Å². The fourth-order valence-electron chi connectivity index (χ4n) is 0.850. The number of aromatic nitrogens is 2. The van der Waals surface area contributed by atoms with E-state index < -0.39 is 0 Å². The summed E-state index contributed by atoms with van der Waals surface area (Å²) in [4.78, 5) is 7.21. The zero-order valence-electron chi connectivity index (χ0n) is 10.0. The summed E-state index contributed by atoms with van der Waals surface area (Å²) in [6, 6.07) is 3.57. The average Bonchev–Trinajstić information content (AvgIpc) is 2.36. The second-order valence-electron chi connectivity index (χ2n) is 3.04. The maximum atomic E-state index is 12.4. The number of pyridine rings is 2. The van der Waals surface area contributed by atoms with E-state index in [1.807, 2.05) is 0 Å². The second kappa shape index (κ2) is 10.3. The summed E-state index contributed by atoms with van der Waals surface area (Å²) in [5.74, 6) is -0.333. The zero-order valence-corrected chi connectivity index (χ0v) is 12.5. The molecule has 4 N–H and O–H groups in total. The zero-order chi connectivity index (χ0) is 15.5. The molecule has 0 aliphatic carbocycles. The molecule has 2 aromatic heterocycles. The van der Waals surface area contributed by atoms with Crippen molar-refractivity contribution in [1.29, 1.82) is 0 Å². The molecule has 0 amide bonds.